The smallest absolute Gasteiger partial charge is 0.253 e. The van der Waals surface area contributed by atoms with Gasteiger partial charge >= 0.3 is 0 Å². The fourth-order valence-electron chi connectivity index (χ4n) is 2.34. The van der Waals surface area contributed by atoms with Gasteiger partial charge in [-0.1, -0.05) is 18.2 Å². The first-order chi connectivity index (χ1) is 11.1. The topological polar surface area (TPSA) is 66.9 Å². The monoisotopic (exact) mass is 306 g/mol. The minimum absolute atomic E-state index is 0.0846. The molecule has 0 radical (unpaired) electrons. The van der Waals surface area contributed by atoms with Crippen LogP contribution in [0.25, 0.3) is 10.9 Å². The predicted octanol–water partition coefficient (Wildman–Crippen LogP) is 3.51. The highest BCUT2D eigenvalue weighted by Crippen LogP contribution is 2.24. The summed E-state index contributed by atoms with van der Waals surface area (Å²) in [5.41, 5.74) is 3.04. The maximum Gasteiger partial charge on any atom is 0.253 e. The quantitative estimate of drug-likeness (QED) is 0.774. The average Bonchev–Trinajstić information content (AvgIpc) is 2.55. The zero-order chi connectivity index (χ0) is 16.2. The zero-order valence-corrected chi connectivity index (χ0v) is 13.1. The number of rotatable bonds is 4. The molecule has 5 heteroatoms. The standard InChI is InChI=1S/C18H18N4O/c1-12(2)21-18(23)14-9-15(11-19-10-14)22-16-7-3-5-13-6-4-8-20-17(13)16/h3-12,22H,1-2H3,(H,21,23). The van der Waals surface area contributed by atoms with Crippen molar-refractivity contribution in [3.63, 3.8) is 0 Å². The van der Waals surface area contributed by atoms with E-state index in [0.717, 1.165) is 22.3 Å². The summed E-state index contributed by atoms with van der Waals surface area (Å²) in [4.78, 5) is 20.6. The second kappa shape index (κ2) is 6.44. The van der Waals surface area contributed by atoms with Gasteiger partial charge in [0.1, 0.15) is 0 Å². The van der Waals surface area contributed by atoms with Crippen LogP contribution in [0.2, 0.25) is 0 Å². The van der Waals surface area contributed by atoms with E-state index in [2.05, 4.69) is 20.6 Å². The Morgan fingerprint density at radius 2 is 1.96 bits per heavy atom. The van der Waals surface area contributed by atoms with E-state index in [0.29, 0.717) is 5.56 Å². The number of nitrogens with one attached hydrogen (secondary N) is 2. The van der Waals surface area contributed by atoms with Crippen molar-refractivity contribution < 1.29 is 4.79 Å². The van der Waals surface area contributed by atoms with Gasteiger partial charge in [0.05, 0.1) is 28.7 Å². The van der Waals surface area contributed by atoms with Crippen LogP contribution in [0.3, 0.4) is 0 Å². The summed E-state index contributed by atoms with van der Waals surface area (Å²) in [5.74, 6) is -0.132. The van der Waals surface area contributed by atoms with Crippen LogP contribution in [0.4, 0.5) is 11.4 Å². The molecule has 5 nitrogen and oxygen atoms in total. The molecule has 0 aliphatic rings. The molecule has 0 saturated carbocycles. The number of carbonyl (C=O) groups excluding carboxylic acids is 1. The summed E-state index contributed by atoms with van der Waals surface area (Å²) in [5, 5.41) is 7.21. The van der Waals surface area contributed by atoms with Crippen LogP contribution in [0.15, 0.2) is 55.0 Å². The number of benzene rings is 1. The van der Waals surface area contributed by atoms with E-state index in [-0.39, 0.29) is 11.9 Å². The molecule has 0 atom stereocenters. The Morgan fingerprint density at radius 3 is 2.78 bits per heavy atom. The Balaban J connectivity index is 1.89. The number of para-hydroxylation sites is 1. The molecule has 2 N–H and O–H groups in total. The van der Waals surface area contributed by atoms with Crippen LogP contribution >= 0.6 is 0 Å². The number of carbonyl (C=O) groups is 1. The molecule has 0 bridgehead atoms. The van der Waals surface area contributed by atoms with Gasteiger partial charge in [0.15, 0.2) is 0 Å². The van der Waals surface area contributed by atoms with Crippen molar-refractivity contribution in [2.75, 3.05) is 5.32 Å². The van der Waals surface area contributed by atoms with Crippen molar-refractivity contribution in [2.24, 2.45) is 0 Å². The number of nitrogens with zero attached hydrogens (tertiary/aromatic N) is 2. The molecule has 1 aromatic carbocycles. The average molecular weight is 306 g/mol. The van der Waals surface area contributed by atoms with E-state index < -0.39 is 0 Å². The molecule has 0 unspecified atom stereocenters. The Morgan fingerprint density at radius 1 is 1.13 bits per heavy atom. The van der Waals surface area contributed by atoms with E-state index in [1.54, 1.807) is 24.7 Å². The van der Waals surface area contributed by atoms with Gasteiger partial charge in [0, 0.05) is 23.8 Å². The molecule has 0 fully saturated rings. The fourth-order valence-corrected chi connectivity index (χ4v) is 2.34. The van der Waals surface area contributed by atoms with Crippen molar-refractivity contribution >= 4 is 28.2 Å². The number of amides is 1. The SMILES string of the molecule is CC(C)NC(=O)c1cncc(Nc2cccc3cccnc23)c1. The lowest BCUT2D eigenvalue weighted by molar-refractivity contribution is 0.0943. The van der Waals surface area contributed by atoms with Crippen molar-refractivity contribution in [3.05, 3.63) is 60.6 Å². The highest BCUT2D eigenvalue weighted by molar-refractivity contribution is 5.96. The Bertz CT molecular complexity index is 840. The third-order valence-electron chi connectivity index (χ3n) is 3.33. The summed E-state index contributed by atoms with van der Waals surface area (Å²) in [6.45, 7) is 3.85. The number of fused-ring (bicyclic) bond motifs is 1. The van der Waals surface area contributed by atoms with Crippen LogP contribution in [0.1, 0.15) is 24.2 Å². The first-order valence-corrected chi connectivity index (χ1v) is 7.50. The van der Waals surface area contributed by atoms with E-state index in [1.807, 2.05) is 44.2 Å². The third-order valence-corrected chi connectivity index (χ3v) is 3.33. The summed E-state index contributed by atoms with van der Waals surface area (Å²) in [6.07, 6.45) is 5.01. The van der Waals surface area contributed by atoms with Gasteiger partial charge < -0.3 is 10.6 Å². The number of hydrogen-bond donors (Lipinski definition) is 2. The van der Waals surface area contributed by atoms with Crippen molar-refractivity contribution in [3.8, 4) is 0 Å². The van der Waals surface area contributed by atoms with Crippen LogP contribution in [-0.2, 0) is 0 Å². The third kappa shape index (κ3) is 3.45. The van der Waals surface area contributed by atoms with Gasteiger partial charge in [-0.25, -0.2) is 0 Å². The summed E-state index contributed by atoms with van der Waals surface area (Å²) in [6, 6.07) is 11.7. The number of anilines is 2. The van der Waals surface area contributed by atoms with Gasteiger partial charge in [0.2, 0.25) is 0 Å². The number of aromatic nitrogens is 2. The molecular formula is C18H18N4O. The van der Waals surface area contributed by atoms with Crippen LogP contribution in [0.5, 0.6) is 0 Å². The normalized spacial score (nSPS) is 10.7. The van der Waals surface area contributed by atoms with E-state index in [9.17, 15) is 4.79 Å². The Kier molecular flexibility index (Phi) is 4.19. The van der Waals surface area contributed by atoms with Crippen LogP contribution in [-0.4, -0.2) is 21.9 Å². The van der Waals surface area contributed by atoms with E-state index in [4.69, 9.17) is 0 Å². The molecule has 0 aliphatic heterocycles. The van der Waals surface area contributed by atoms with Crippen LogP contribution < -0.4 is 10.6 Å². The van der Waals surface area contributed by atoms with E-state index in [1.165, 1.54) is 0 Å². The lowest BCUT2D eigenvalue weighted by Gasteiger charge is -2.11. The molecule has 3 aromatic rings. The highest BCUT2D eigenvalue weighted by Gasteiger charge is 2.09. The predicted molar refractivity (Wildman–Crippen MR) is 91.9 cm³/mol. The molecule has 0 saturated heterocycles. The molecule has 116 valence electrons. The number of hydrogen-bond acceptors (Lipinski definition) is 4. The largest absolute Gasteiger partial charge is 0.352 e. The second-order valence-electron chi connectivity index (χ2n) is 5.60. The molecular weight excluding hydrogens is 288 g/mol. The van der Waals surface area contributed by atoms with Gasteiger partial charge in [-0.05, 0) is 32.0 Å². The van der Waals surface area contributed by atoms with Crippen molar-refractivity contribution in [1.29, 1.82) is 0 Å². The lowest BCUT2D eigenvalue weighted by atomic mass is 10.2. The molecule has 3 rings (SSSR count). The minimum atomic E-state index is -0.132. The minimum Gasteiger partial charge on any atom is -0.352 e. The van der Waals surface area contributed by atoms with Gasteiger partial charge in [-0.2, -0.15) is 0 Å². The van der Waals surface area contributed by atoms with Gasteiger partial charge in [-0.3, -0.25) is 14.8 Å². The molecule has 2 aromatic heterocycles. The summed E-state index contributed by atoms with van der Waals surface area (Å²) in [7, 11) is 0. The summed E-state index contributed by atoms with van der Waals surface area (Å²) >= 11 is 0. The van der Waals surface area contributed by atoms with Crippen molar-refractivity contribution in [1.82, 2.24) is 15.3 Å². The first-order valence-electron chi connectivity index (χ1n) is 7.50. The maximum atomic E-state index is 12.1. The van der Waals surface area contributed by atoms with Crippen molar-refractivity contribution in [2.45, 2.75) is 19.9 Å². The molecule has 23 heavy (non-hydrogen) atoms. The molecule has 0 aliphatic carbocycles. The first kappa shape index (κ1) is 15.0. The number of pyridine rings is 2. The van der Waals surface area contributed by atoms with E-state index >= 15 is 0 Å². The highest BCUT2D eigenvalue weighted by atomic mass is 16.1. The zero-order valence-electron chi connectivity index (χ0n) is 13.1. The molecule has 1 amide bonds. The molecule has 2 heterocycles. The van der Waals surface area contributed by atoms with Gasteiger partial charge in [0.25, 0.3) is 5.91 Å². The second-order valence-corrected chi connectivity index (χ2v) is 5.60. The van der Waals surface area contributed by atoms with Crippen LogP contribution in [0, 0.1) is 0 Å². The fraction of sp³-hybridized carbons (Fsp3) is 0.167. The molecule has 0 spiro atoms. The Labute approximate surface area is 134 Å². The maximum absolute atomic E-state index is 12.1. The van der Waals surface area contributed by atoms with Gasteiger partial charge in [-0.15, -0.1) is 0 Å². The lowest BCUT2D eigenvalue weighted by Crippen LogP contribution is -2.30. The summed E-state index contributed by atoms with van der Waals surface area (Å²) < 4.78 is 0. The Hall–Kier alpha value is -2.95.